The molecule has 2 aromatic rings. The van der Waals surface area contributed by atoms with E-state index in [4.69, 9.17) is 18.9 Å². The Morgan fingerprint density at radius 2 is 1.52 bits per heavy atom. The van der Waals surface area contributed by atoms with E-state index < -0.39 is 35.3 Å². The van der Waals surface area contributed by atoms with Crippen molar-refractivity contribution >= 4 is 18.0 Å². The van der Waals surface area contributed by atoms with Crippen LogP contribution in [-0.2, 0) is 18.9 Å². The molecule has 33 heavy (non-hydrogen) atoms. The van der Waals surface area contributed by atoms with Crippen molar-refractivity contribution in [2.45, 2.75) is 48.7 Å². The summed E-state index contributed by atoms with van der Waals surface area (Å²) in [6.07, 6.45) is -0.281. The number of rotatable bonds is 4. The van der Waals surface area contributed by atoms with E-state index in [1.165, 1.54) is 0 Å². The molecule has 4 aliphatic rings. The van der Waals surface area contributed by atoms with Crippen molar-refractivity contribution in [1.82, 2.24) is 4.90 Å². The Morgan fingerprint density at radius 3 is 2.18 bits per heavy atom. The van der Waals surface area contributed by atoms with Crippen molar-refractivity contribution in [3.63, 3.8) is 0 Å². The van der Waals surface area contributed by atoms with E-state index >= 15 is 0 Å². The third kappa shape index (κ3) is 2.97. The summed E-state index contributed by atoms with van der Waals surface area (Å²) in [7, 11) is 0. The smallest absolute Gasteiger partial charge is 0.410 e. The molecule has 3 heterocycles. The predicted octanol–water partition coefficient (Wildman–Crippen LogP) is 2.96. The van der Waals surface area contributed by atoms with Crippen LogP contribution in [0.15, 0.2) is 60.7 Å². The van der Waals surface area contributed by atoms with Crippen LogP contribution in [0, 0.1) is 0 Å². The van der Waals surface area contributed by atoms with Crippen LogP contribution in [0.25, 0.3) is 0 Å². The average molecular weight is 449 g/mol. The zero-order valence-corrected chi connectivity index (χ0v) is 17.8. The minimum absolute atomic E-state index is 0.234. The minimum atomic E-state index is -0.813. The highest BCUT2D eigenvalue weighted by Gasteiger charge is 2.83. The Labute approximate surface area is 190 Å². The second-order valence-electron chi connectivity index (χ2n) is 8.96. The third-order valence-corrected chi connectivity index (χ3v) is 7.39. The first-order valence-electron chi connectivity index (χ1n) is 11.2. The fraction of sp³-hybridized carbons (Fsp3) is 0.400. The highest BCUT2D eigenvalue weighted by molar-refractivity contribution is 5.90. The van der Waals surface area contributed by atoms with Crippen LogP contribution in [0.3, 0.4) is 0 Å². The molecular weight excluding hydrogens is 426 g/mol. The summed E-state index contributed by atoms with van der Waals surface area (Å²) >= 11 is 0. The van der Waals surface area contributed by atoms with Crippen LogP contribution < -0.4 is 0 Å². The molecule has 8 heteroatoms. The van der Waals surface area contributed by atoms with Gasteiger partial charge in [0.25, 0.3) is 0 Å². The number of cyclic esters (lactones) is 1. The molecule has 0 bridgehead atoms. The number of amides is 1. The second-order valence-corrected chi connectivity index (χ2v) is 8.96. The molecule has 0 aromatic heterocycles. The van der Waals surface area contributed by atoms with Gasteiger partial charge in [0.15, 0.2) is 6.10 Å². The molecule has 3 saturated heterocycles. The second kappa shape index (κ2) is 7.31. The number of piperidine rings is 1. The van der Waals surface area contributed by atoms with E-state index in [-0.39, 0.29) is 18.7 Å². The molecular formula is C25H23NO7. The summed E-state index contributed by atoms with van der Waals surface area (Å²) in [5.74, 6) is -0.967. The quantitative estimate of drug-likeness (QED) is 0.402. The molecule has 1 amide bonds. The number of hydrogen-bond donors (Lipinski definition) is 0. The van der Waals surface area contributed by atoms with Crippen molar-refractivity contribution in [2.75, 3.05) is 13.2 Å². The van der Waals surface area contributed by atoms with Gasteiger partial charge in [0, 0.05) is 13.0 Å². The molecule has 6 rings (SSSR count). The lowest BCUT2D eigenvalue weighted by Gasteiger charge is -2.43. The Balaban J connectivity index is 1.31. The van der Waals surface area contributed by atoms with E-state index in [9.17, 15) is 14.4 Å². The normalized spacial score (nSPS) is 33.8. The first-order chi connectivity index (χ1) is 16.0. The fourth-order valence-electron chi connectivity index (χ4n) is 5.79. The molecule has 0 unspecified atom stereocenters. The lowest BCUT2D eigenvalue weighted by atomic mass is 9.68. The Morgan fingerprint density at radius 1 is 0.879 bits per heavy atom. The van der Waals surface area contributed by atoms with Gasteiger partial charge in [-0.05, 0) is 37.1 Å². The summed E-state index contributed by atoms with van der Waals surface area (Å²) in [5, 5.41) is 0. The van der Waals surface area contributed by atoms with E-state index in [1.54, 1.807) is 53.4 Å². The maximum absolute atomic E-state index is 13.0. The van der Waals surface area contributed by atoms with Crippen LogP contribution >= 0.6 is 0 Å². The van der Waals surface area contributed by atoms with Crippen molar-refractivity contribution in [3.8, 4) is 0 Å². The van der Waals surface area contributed by atoms with E-state index in [2.05, 4.69) is 0 Å². The van der Waals surface area contributed by atoms with Crippen LogP contribution in [0.2, 0.25) is 0 Å². The molecule has 0 spiro atoms. The fourth-order valence-corrected chi connectivity index (χ4v) is 5.79. The van der Waals surface area contributed by atoms with Crippen molar-refractivity contribution in [2.24, 2.45) is 0 Å². The number of hydrogen-bond acceptors (Lipinski definition) is 7. The van der Waals surface area contributed by atoms with Crippen LogP contribution in [-0.4, -0.2) is 65.5 Å². The first kappa shape index (κ1) is 20.2. The molecule has 170 valence electrons. The SMILES string of the molecule is O=C(O[C@H]1CC[C@]23O[C@]2(CCN2C(=O)OC[C@@H]23)[C@H]1OC(=O)c1ccccc1)c1ccccc1. The first-order valence-corrected chi connectivity index (χ1v) is 11.2. The van der Waals surface area contributed by atoms with Gasteiger partial charge in [0.05, 0.1) is 11.1 Å². The number of esters is 2. The monoisotopic (exact) mass is 449 g/mol. The summed E-state index contributed by atoms with van der Waals surface area (Å²) in [6, 6.07) is 17.2. The molecule has 0 N–H and O–H groups in total. The van der Waals surface area contributed by atoms with Crippen molar-refractivity contribution in [3.05, 3.63) is 71.8 Å². The molecule has 8 nitrogen and oxygen atoms in total. The Bertz CT molecular complexity index is 1110. The van der Waals surface area contributed by atoms with Gasteiger partial charge < -0.3 is 18.9 Å². The molecule has 1 saturated carbocycles. The summed E-state index contributed by atoms with van der Waals surface area (Å²) in [6.45, 7) is 0.679. The minimum Gasteiger partial charge on any atom is -0.455 e. The van der Waals surface area contributed by atoms with E-state index in [1.807, 2.05) is 12.1 Å². The summed E-state index contributed by atoms with van der Waals surface area (Å²) in [4.78, 5) is 39.7. The Hall–Kier alpha value is -3.39. The number of fused-ring (bicyclic) bond motifs is 1. The summed E-state index contributed by atoms with van der Waals surface area (Å²) in [5.41, 5.74) is -0.627. The van der Waals surface area contributed by atoms with Gasteiger partial charge in [-0.2, -0.15) is 0 Å². The van der Waals surface area contributed by atoms with Gasteiger partial charge in [-0.25, -0.2) is 14.4 Å². The van der Waals surface area contributed by atoms with Crippen molar-refractivity contribution < 1.29 is 33.3 Å². The van der Waals surface area contributed by atoms with Gasteiger partial charge in [0.1, 0.15) is 30.0 Å². The molecule has 0 radical (unpaired) electrons. The van der Waals surface area contributed by atoms with Crippen LogP contribution in [0.5, 0.6) is 0 Å². The predicted molar refractivity (Wildman–Crippen MR) is 114 cm³/mol. The summed E-state index contributed by atoms with van der Waals surface area (Å²) < 4.78 is 23.6. The number of carbonyl (C=O) groups is 3. The van der Waals surface area contributed by atoms with Gasteiger partial charge in [0.2, 0.25) is 0 Å². The average Bonchev–Trinajstić information content (AvgIpc) is 3.42. The maximum Gasteiger partial charge on any atom is 0.410 e. The van der Waals surface area contributed by atoms with Gasteiger partial charge in [-0.15, -0.1) is 0 Å². The molecule has 5 atom stereocenters. The van der Waals surface area contributed by atoms with Crippen molar-refractivity contribution in [1.29, 1.82) is 0 Å². The standard InChI is InChI=1S/C25H23NO7/c27-21(16-7-3-1-4-8-16)31-18-11-12-24-19-15-30-23(29)26(19)14-13-25(24,33-24)20(18)32-22(28)17-9-5-2-6-10-17/h1-10,18-20H,11-15H2/t18-,19+,20-,24+,25+/m0/s1. The number of epoxide rings is 1. The van der Waals surface area contributed by atoms with E-state index in [0.717, 1.165) is 0 Å². The lowest BCUT2D eigenvalue weighted by Crippen LogP contribution is -2.63. The Kier molecular flexibility index (Phi) is 4.48. The van der Waals surface area contributed by atoms with E-state index in [0.29, 0.717) is 36.9 Å². The van der Waals surface area contributed by atoms with Crippen LogP contribution in [0.4, 0.5) is 4.79 Å². The maximum atomic E-state index is 13.0. The largest absolute Gasteiger partial charge is 0.455 e. The molecule has 2 aromatic carbocycles. The number of benzene rings is 2. The topological polar surface area (TPSA) is 94.7 Å². The van der Waals surface area contributed by atoms with Crippen LogP contribution in [0.1, 0.15) is 40.0 Å². The number of ether oxygens (including phenoxy) is 4. The zero-order chi connectivity index (χ0) is 22.6. The van der Waals surface area contributed by atoms with Gasteiger partial charge in [-0.1, -0.05) is 36.4 Å². The van der Waals surface area contributed by atoms with Gasteiger partial charge >= 0.3 is 18.0 Å². The number of carbonyl (C=O) groups excluding carboxylic acids is 3. The molecule has 4 fully saturated rings. The molecule has 1 aliphatic carbocycles. The lowest BCUT2D eigenvalue weighted by molar-refractivity contribution is -0.0808. The highest BCUT2D eigenvalue weighted by atomic mass is 16.7. The zero-order valence-electron chi connectivity index (χ0n) is 17.8. The highest BCUT2D eigenvalue weighted by Crippen LogP contribution is 2.66. The number of nitrogens with zero attached hydrogens (tertiary/aromatic N) is 1. The van der Waals surface area contributed by atoms with Gasteiger partial charge in [-0.3, -0.25) is 4.90 Å². The third-order valence-electron chi connectivity index (χ3n) is 7.39. The molecule has 3 aliphatic heterocycles.